The van der Waals surface area contributed by atoms with E-state index in [4.69, 9.17) is 0 Å². The predicted molar refractivity (Wildman–Crippen MR) is 82.0 cm³/mol. The van der Waals surface area contributed by atoms with Crippen LogP contribution in [-0.2, 0) is 11.2 Å². The number of rotatable bonds is 5. The summed E-state index contributed by atoms with van der Waals surface area (Å²) in [7, 11) is 0. The van der Waals surface area contributed by atoms with Crippen LogP contribution in [0.25, 0.3) is 0 Å². The minimum atomic E-state index is 0.167. The molecule has 1 amide bonds. The SMILES string of the molecule is O=C(CN1C[C@@H]2CCCN[C@@H]2C1)NCCc1cccs1. The fourth-order valence-electron chi connectivity index (χ4n) is 3.30. The third-order valence-corrected chi connectivity index (χ3v) is 5.25. The van der Waals surface area contributed by atoms with Crippen molar-refractivity contribution in [1.82, 2.24) is 15.5 Å². The first-order valence-electron chi connectivity index (χ1n) is 7.56. The fraction of sp³-hybridized carbons (Fsp3) is 0.667. The van der Waals surface area contributed by atoms with Crippen LogP contribution in [0.3, 0.4) is 0 Å². The number of carbonyl (C=O) groups is 1. The molecule has 2 fully saturated rings. The van der Waals surface area contributed by atoms with Crippen molar-refractivity contribution in [1.29, 1.82) is 0 Å². The van der Waals surface area contributed by atoms with Crippen molar-refractivity contribution in [3.05, 3.63) is 22.4 Å². The molecule has 110 valence electrons. The smallest absolute Gasteiger partial charge is 0.234 e. The first kappa shape index (κ1) is 14.0. The molecule has 1 aromatic heterocycles. The third kappa shape index (κ3) is 3.59. The zero-order chi connectivity index (χ0) is 13.8. The van der Waals surface area contributed by atoms with Crippen LogP contribution >= 0.6 is 11.3 Å². The molecule has 2 aliphatic rings. The largest absolute Gasteiger partial charge is 0.355 e. The van der Waals surface area contributed by atoms with Crippen LogP contribution in [0.2, 0.25) is 0 Å². The third-order valence-electron chi connectivity index (χ3n) is 4.32. The van der Waals surface area contributed by atoms with Crippen molar-refractivity contribution >= 4 is 17.2 Å². The maximum absolute atomic E-state index is 12.0. The topological polar surface area (TPSA) is 44.4 Å². The second-order valence-corrected chi connectivity index (χ2v) is 6.87. The van der Waals surface area contributed by atoms with Crippen LogP contribution in [0, 0.1) is 5.92 Å². The Labute approximate surface area is 124 Å². The molecule has 3 heterocycles. The van der Waals surface area contributed by atoms with Gasteiger partial charge >= 0.3 is 0 Å². The van der Waals surface area contributed by atoms with Crippen molar-refractivity contribution in [2.24, 2.45) is 5.92 Å². The van der Waals surface area contributed by atoms with Gasteiger partial charge in [-0.15, -0.1) is 11.3 Å². The van der Waals surface area contributed by atoms with Crippen molar-refractivity contribution < 1.29 is 4.79 Å². The number of hydrogen-bond acceptors (Lipinski definition) is 4. The second-order valence-electron chi connectivity index (χ2n) is 5.84. The zero-order valence-electron chi connectivity index (χ0n) is 11.8. The summed E-state index contributed by atoms with van der Waals surface area (Å²) in [5.74, 6) is 0.919. The minimum absolute atomic E-state index is 0.167. The molecule has 0 spiro atoms. The number of thiophene rings is 1. The van der Waals surface area contributed by atoms with E-state index >= 15 is 0 Å². The number of nitrogens with one attached hydrogen (secondary N) is 2. The lowest BCUT2D eigenvalue weighted by molar-refractivity contribution is -0.122. The highest BCUT2D eigenvalue weighted by Gasteiger charge is 2.34. The van der Waals surface area contributed by atoms with Crippen LogP contribution in [0.5, 0.6) is 0 Å². The van der Waals surface area contributed by atoms with E-state index in [0.717, 1.165) is 38.5 Å². The molecule has 0 saturated carbocycles. The Morgan fingerprint density at radius 3 is 3.25 bits per heavy atom. The molecular weight excluding hydrogens is 270 g/mol. The summed E-state index contributed by atoms with van der Waals surface area (Å²) < 4.78 is 0. The molecule has 0 aliphatic carbocycles. The van der Waals surface area contributed by atoms with Crippen LogP contribution in [-0.4, -0.2) is 49.6 Å². The quantitative estimate of drug-likeness (QED) is 0.854. The average Bonchev–Trinajstić information content (AvgIpc) is 3.06. The van der Waals surface area contributed by atoms with Gasteiger partial charge in [-0.05, 0) is 43.2 Å². The molecule has 2 saturated heterocycles. The van der Waals surface area contributed by atoms with Crippen molar-refractivity contribution in [2.45, 2.75) is 25.3 Å². The molecule has 0 unspecified atom stereocenters. The highest BCUT2D eigenvalue weighted by molar-refractivity contribution is 7.09. The van der Waals surface area contributed by atoms with Gasteiger partial charge < -0.3 is 10.6 Å². The van der Waals surface area contributed by atoms with Gasteiger partial charge in [0.15, 0.2) is 0 Å². The van der Waals surface area contributed by atoms with Gasteiger partial charge in [-0.2, -0.15) is 0 Å². The fourth-order valence-corrected chi connectivity index (χ4v) is 4.01. The van der Waals surface area contributed by atoms with Crippen molar-refractivity contribution in [3.8, 4) is 0 Å². The summed E-state index contributed by atoms with van der Waals surface area (Å²) >= 11 is 1.75. The molecule has 2 N–H and O–H groups in total. The lowest BCUT2D eigenvalue weighted by atomic mass is 9.94. The standard InChI is InChI=1S/C15H23N3OS/c19-15(17-7-5-13-4-2-8-20-13)11-18-9-12-3-1-6-16-14(12)10-18/h2,4,8,12,14,16H,1,3,5-7,9-11H2,(H,17,19)/t12-,14+/m0/s1. The van der Waals surface area contributed by atoms with E-state index in [1.165, 1.54) is 17.7 Å². The molecule has 1 aromatic rings. The summed E-state index contributed by atoms with van der Waals surface area (Å²) in [5, 5.41) is 8.69. The average molecular weight is 293 g/mol. The highest BCUT2D eigenvalue weighted by Crippen LogP contribution is 2.24. The Morgan fingerprint density at radius 1 is 1.50 bits per heavy atom. The number of likely N-dealkylation sites (tertiary alicyclic amines) is 1. The van der Waals surface area contributed by atoms with Crippen LogP contribution in [0.4, 0.5) is 0 Å². The summed E-state index contributed by atoms with van der Waals surface area (Å²) in [6.45, 7) is 4.55. The maximum atomic E-state index is 12.0. The van der Waals surface area contributed by atoms with Gasteiger partial charge in [0.05, 0.1) is 6.54 Å². The van der Waals surface area contributed by atoms with E-state index in [2.05, 4.69) is 33.0 Å². The van der Waals surface area contributed by atoms with Crippen molar-refractivity contribution in [2.75, 3.05) is 32.7 Å². The molecule has 4 nitrogen and oxygen atoms in total. The molecule has 2 aliphatic heterocycles. The van der Waals surface area contributed by atoms with E-state index in [9.17, 15) is 4.79 Å². The number of nitrogens with zero attached hydrogens (tertiary/aromatic N) is 1. The molecule has 2 atom stereocenters. The molecule has 20 heavy (non-hydrogen) atoms. The number of carbonyl (C=O) groups excluding carboxylic acids is 1. The molecule has 0 radical (unpaired) electrons. The Morgan fingerprint density at radius 2 is 2.45 bits per heavy atom. The van der Waals surface area contributed by atoms with E-state index in [1.807, 2.05) is 0 Å². The summed E-state index contributed by atoms with van der Waals surface area (Å²) in [6.07, 6.45) is 3.53. The maximum Gasteiger partial charge on any atom is 0.234 e. The van der Waals surface area contributed by atoms with Crippen LogP contribution < -0.4 is 10.6 Å². The molecule has 3 rings (SSSR count). The second kappa shape index (κ2) is 6.70. The van der Waals surface area contributed by atoms with Gasteiger partial charge in [-0.25, -0.2) is 0 Å². The molecule has 0 bridgehead atoms. The molecular formula is C15H23N3OS. The molecule has 5 heteroatoms. The highest BCUT2D eigenvalue weighted by atomic mass is 32.1. The summed E-state index contributed by atoms with van der Waals surface area (Å²) in [6, 6.07) is 4.79. The Hall–Kier alpha value is -0.910. The lowest BCUT2D eigenvalue weighted by Crippen LogP contribution is -2.41. The zero-order valence-corrected chi connectivity index (χ0v) is 12.6. The number of piperidine rings is 1. The van der Waals surface area contributed by atoms with Gasteiger partial charge in [0.1, 0.15) is 0 Å². The van der Waals surface area contributed by atoms with E-state index in [0.29, 0.717) is 12.6 Å². The Kier molecular flexibility index (Phi) is 4.70. The minimum Gasteiger partial charge on any atom is -0.355 e. The Balaban J connectivity index is 1.36. The first-order valence-corrected chi connectivity index (χ1v) is 8.44. The first-order chi connectivity index (χ1) is 9.81. The Bertz CT molecular complexity index is 420. The van der Waals surface area contributed by atoms with Gasteiger partial charge in [0.25, 0.3) is 0 Å². The van der Waals surface area contributed by atoms with Crippen LogP contribution in [0.1, 0.15) is 17.7 Å². The van der Waals surface area contributed by atoms with E-state index in [1.54, 1.807) is 11.3 Å². The lowest BCUT2D eigenvalue weighted by Gasteiger charge is -2.24. The van der Waals surface area contributed by atoms with E-state index < -0.39 is 0 Å². The van der Waals surface area contributed by atoms with Gasteiger partial charge in [0.2, 0.25) is 5.91 Å². The molecule has 0 aromatic carbocycles. The normalized spacial score (nSPS) is 26.4. The number of fused-ring (bicyclic) bond motifs is 1. The van der Waals surface area contributed by atoms with Gasteiger partial charge in [-0.1, -0.05) is 6.07 Å². The van der Waals surface area contributed by atoms with Crippen LogP contribution in [0.15, 0.2) is 17.5 Å². The predicted octanol–water partition coefficient (Wildman–Crippen LogP) is 1.09. The van der Waals surface area contributed by atoms with Crippen molar-refractivity contribution in [3.63, 3.8) is 0 Å². The van der Waals surface area contributed by atoms with Gasteiger partial charge in [0, 0.05) is 30.6 Å². The van der Waals surface area contributed by atoms with E-state index in [-0.39, 0.29) is 5.91 Å². The number of amides is 1. The summed E-state index contributed by atoms with van der Waals surface area (Å²) in [5.41, 5.74) is 0. The van der Waals surface area contributed by atoms with Gasteiger partial charge in [-0.3, -0.25) is 9.69 Å². The summed E-state index contributed by atoms with van der Waals surface area (Å²) in [4.78, 5) is 15.6. The monoisotopic (exact) mass is 293 g/mol. The number of hydrogen-bond donors (Lipinski definition) is 2.